The van der Waals surface area contributed by atoms with Gasteiger partial charge >= 0.3 is 6.03 Å². The average molecular weight is 290 g/mol. The topological polar surface area (TPSA) is 58.6 Å². The molecule has 2 atom stereocenters. The second kappa shape index (κ2) is 6.72. The Morgan fingerprint density at radius 2 is 2.14 bits per heavy atom. The van der Waals surface area contributed by atoms with Crippen LogP contribution in [0.5, 0.6) is 0 Å². The van der Waals surface area contributed by atoms with Crippen molar-refractivity contribution in [3.8, 4) is 0 Å². The second-order valence-corrected chi connectivity index (χ2v) is 5.30. The monoisotopic (exact) mass is 290 g/mol. The molecule has 1 aromatic rings. The van der Waals surface area contributed by atoms with Crippen LogP contribution < -0.4 is 5.32 Å². The van der Waals surface area contributed by atoms with E-state index in [2.05, 4.69) is 5.32 Å². The van der Waals surface area contributed by atoms with Gasteiger partial charge < -0.3 is 15.0 Å². The van der Waals surface area contributed by atoms with Crippen LogP contribution in [0.25, 0.3) is 0 Å². The zero-order valence-corrected chi connectivity index (χ0v) is 12.8. The highest BCUT2D eigenvalue weighted by molar-refractivity contribution is 5.98. The molecule has 0 saturated carbocycles. The van der Waals surface area contributed by atoms with E-state index in [-0.39, 0.29) is 24.0 Å². The van der Waals surface area contributed by atoms with Gasteiger partial charge in [-0.05, 0) is 26.0 Å². The molecule has 0 unspecified atom stereocenters. The number of carbonyl (C=O) groups is 2. The standard InChI is InChI=1S/C16H22N2O3/c1-4-15(19)13-6-5-7-14(10-13)17-16(20)18-8-9-21-12(3)11(18)2/h5-7,10-12H,4,8-9H2,1-3H3,(H,17,20)/t11-,12-/m1/s1. The lowest BCUT2D eigenvalue weighted by atomic mass is 10.1. The molecule has 0 spiro atoms. The normalized spacial score (nSPS) is 22.0. The quantitative estimate of drug-likeness (QED) is 0.871. The molecule has 0 bridgehead atoms. The van der Waals surface area contributed by atoms with Gasteiger partial charge in [0, 0.05) is 24.2 Å². The summed E-state index contributed by atoms with van der Waals surface area (Å²) >= 11 is 0. The first-order valence-electron chi connectivity index (χ1n) is 7.35. The average Bonchev–Trinajstić information content (AvgIpc) is 2.49. The summed E-state index contributed by atoms with van der Waals surface area (Å²) in [5.41, 5.74) is 1.27. The zero-order chi connectivity index (χ0) is 15.4. The summed E-state index contributed by atoms with van der Waals surface area (Å²) in [5, 5.41) is 2.86. The third-order valence-electron chi connectivity index (χ3n) is 3.90. The predicted molar refractivity (Wildman–Crippen MR) is 81.7 cm³/mol. The van der Waals surface area contributed by atoms with Crippen LogP contribution in [0.15, 0.2) is 24.3 Å². The van der Waals surface area contributed by atoms with Crippen LogP contribution in [0.4, 0.5) is 10.5 Å². The number of morpholine rings is 1. The largest absolute Gasteiger partial charge is 0.375 e. The number of benzene rings is 1. The molecule has 0 aromatic heterocycles. The number of rotatable bonds is 3. The van der Waals surface area contributed by atoms with Crippen LogP contribution in [-0.4, -0.2) is 42.0 Å². The first-order valence-corrected chi connectivity index (χ1v) is 7.35. The van der Waals surface area contributed by atoms with Gasteiger partial charge in [-0.15, -0.1) is 0 Å². The molecule has 1 aromatic carbocycles. The molecule has 0 aliphatic carbocycles. The number of nitrogens with zero attached hydrogens (tertiary/aromatic N) is 1. The molecule has 1 saturated heterocycles. The SMILES string of the molecule is CCC(=O)c1cccc(NC(=O)N2CCO[C@H](C)[C@H]2C)c1. The van der Waals surface area contributed by atoms with Gasteiger partial charge in [0.15, 0.2) is 5.78 Å². The van der Waals surface area contributed by atoms with Gasteiger partial charge in [-0.25, -0.2) is 4.79 Å². The summed E-state index contributed by atoms with van der Waals surface area (Å²) in [6.07, 6.45) is 0.479. The van der Waals surface area contributed by atoms with Crippen LogP contribution in [0.1, 0.15) is 37.6 Å². The van der Waals surface area contributed by atoms with Crippen LogP contribution in [0, 0.1) is 0 Å². The van der Waals surface area contributed by atoms with Crippen molar-refractivity contribution < 1.29 is 14.3 Å². The van der Waals surface area contributed by atoms with Gasteiger partial charge in [0.25, 0.3) is 0 Å². The maximum Gasteiger partial charge on any atom is 0.322 e. The van der Waals surface area contributed by atoms with Gasteiger partial charge in [0.05, 0.1) is 18.8 Å². The Morgan fingerprint density at radius 3 is 2.86 bits per heavy atom. The van der Waals surface area contributed by atoms with Gasteiger partial charge in [0.2, 0.25) is 0 Å². The highest BCUT2D eigenvalue weighted by Gasteiger charge is 2.29. The van der Waals surface area contributed by atoms with Gasteiger partial charge in [-0.2, -0.15) is 0 Å². The Kier molecular flexibility index (Phi) is 4.96. The van der Waals surface area contributed by atoms with Crippen molar-refractivity contribution in [3.05, 3.63) is 29.8 Å². The molecular formula is C16H22N2O3. The maximum atomic E-state index is 12.3. The second-order valence-electron chi connectivity index (χ2n) is 5.30. The van der Waals surface area contributed by atoms with E-state index < -0.39 is 0 Å². The summed E-state index contributed by atoms with van der Waals surface area (Å²) in [6.45, 7) is 6.88. The Bertz CT molecular complexity index is 530. The number of amides is 2. The first kappa shape index (κ1) is 15.5. The lowest BCUT2D eigenvalue weighted by molar-refractivity contribution is -0.0355. The molecule has 2 rings (SSSR count). The molecule has 1 aliphatic heterocycles. The number of hydrogen-bond acceptors (Lipinski definition) is 3. The fourth-order valence-electron chi connectivity index (χ4n) is 2.39. The number of hydrogen-bond donors (Lipinski definition) is 1. The zero-order valence-electron chi connectivity index (χ0n) is 12.8. The molecule has 1 heterocycles. The molecule has 1 fully saturated rings. The highest BCUT2D eigenvalue weighted by atomic mass is 16.5. The fourth-order valence-corrected chi connectivity index (χ4v) is 2.39. The van der Waals surface area contributed by atoms with E-state index in [9.17, 15) is 9.59 Å². The lowest BCUT2D eigenvalue weighted by Crippen LogP contribution is -2.52. The Morgan fingerprint density at radius 1 is 1.38 bits per heavy atom. The highest BCUT2D eigenvalue weighted by Crippen LogP contribution is 2.17. The van der Waals surface area contributed by atoms with E-state index in [1.54, 1.807) is 29.2 Å². The van der Waals surface area contributed by atoms with Crippen molar-refractivity contribution in [3.63, 3.8) is 0 Å². The summed E-state index contributed by atoms with van der Waals surface area (Å²) in [4.78, 5) is 25.8. The van der Waals surface area contributed by atoms with Gasteiger partial charge in [-0.3, -0.25) is 4.79 Å². The molecule has 5 nitrogen and oxygen atoms in total. The lowest BCUT2D eigenvalue weighted by Gasteiger charge is -2.37. The van der Waals surface area contributed by atoms with E-state index in [0.717, 1.165) is 0 Å². The van der Waals surface area contributed by atoms with Crippen molar-refractivity contribution >= 4 is 17.5 Å². The number of ether oxygens (including phenoxy) is 1. The van der Waals surface area contributed by atoms with Crippen molar-refractivity contribution in [2.45, 2.75) is 39.3 Å². The predicted octanol–water partition coefficient (Wildman–Crippen LogP) is 2.92. The van der Waals surface area contributed by atoms with Crippen molar-refractivity contribution in [2.24, 2.45) is 0 Å². The number of anilines is 1. The van der Waals surface area contributed by atoms with E-state index in [1.807, 2.05) is 20.8 Å². The Hall–Kier alpha value is -1.88. The first-order chi connectivity index (χ1) is 10.0. The number of ketones is 1. The third-order valence-corrected chi connectivity index (χ3v) is 3.90. The van der Waals surface area contributed by atoms with Crippen molar-refractivity contribution in [2.75, 3.05) is 18.5 Å². The number of urea groups is 1. The minimum atomic E-state index is -0.154. The van der Waals surface area contributed by atoms with Crippen LogP contribution in [0.3, 0.4) is 0 Å². The maximum absolute atomic E-state index is 12.3. The Labute approximate surface area is 125 Å². The molecular weight excluding hydrogens is 268 g/mol. The number of nitrogens with one attached hydrogen (secondary N) is 1. The van der Waals surface area contributed by atoms with Gasteiger partial charge in [0.1, 0.15) is 0 Å². The van der Waals surface area contributed by atoms with Crippen LogP contribution >= 0.6 is 0 Å². The summed E-state index contributed by atoms with van der Waals surface area (Å²) in [5.74, 6) is 0.0689. The van der Waals surface area contributed by atoms with Crippen molar-refractivity contribution in [1.82, 2.24) is 4.90 Å². The number of carbonyl (C=O) groups excluding carboxylic acids is 2. The molecule has 1 aliphatic rings. The number of Topliss-reactive ketones (excluding diaryl/α,β-unsaturated/α-hetero) is 1. The molecule has 2 amide bonds. The van der Waals surface area contributed by atoms with E-state index >= 15 is 0 Å². The fraction of sp³-hybridized carbons (Fsp3) is 0.500. The molecule has 5 heteroatoms. The smallest absolute Gasteiger partial charge is 0.322 e. The van der Waals surface area contributed by atoms with Crippen molar-refractivity contribution in [1.29, 1.82) is 0 Å². The van der Waals surface area contributed by atoms with E-state index in [1.165, 1.54) is 0 Å². The van der Waals surface area contributed by atoms with Gasteiger partial charge in [-0.1, -0.05) is 19.1 Å². The summed E-state index contributed by atoms with van der Waals surface area (Å²) < 4.78 is 5.52. The van der Waals surface area contributed by atoms with E-state index in [4.69, 9.17) is 4.74 Å². The van der Waals surface area contributed by atoms with Crippen LogP contribution in [0.2, 0.25) is 0 Å². The molecule has 114 valence electrons. The van der Waals surface area contributed by atoms with Crippen LogP contribution in [-0.2, 0) is 4.74 Å². The molecule has 21 heavy (non-hydrogen) atoms. The minimum Gasteiger partial charge on any atom is -0.375 e. The summed E-state index contributed by atoms with van der Waals surface area (Å²) in [7, 11) is 0. The third kappa shape index (κ3) is 3.61. The minimum absolute atomic E-state index is 0.0255. The molecule has 0 radical (unpaired) electrons. The Balaban J connectivity index is 2.07. The summed E-state index contributed by atoms with van der Waals surface area (Å²) in [6, 6.07) is 6.93. The van der Waals surface area contributed by atoms with E-state index in [0.29, 0.717) is 30.8 Å². The molecule has 1 N–H and O–H groups in total.